The molecule has 0 aliphatic carbocycles. The molecule has 3 rings (SSSR count). The second-order valence-corrected chi connectivity index (χ2v) is 5.81. The average molecular weight is 302 g/mol. The van der Waals surface area contributed by atoms with Crippen LogP contribution < -0.4 is 4.74 Å². The Bertz CT molecular complexity index is 719. The van der Waals surface area contributed by atoms with Gasteiger partial charge in [-0.05, 0) is 41.5 Å². The topological polar surface area (TPSA) is 9.23 Å². The van der Waals surface area contributed by atoms with E-state index in [9.17, 15) is 0 Å². The Kier molecular flexibility index (Phi) is 5.10. The largest absolute Gasteiger partial charge is 0.496 e. The molecule has 0 aromatic heterocycles. The van der Waals surface area contributed by atoms with Crippen LogP contribution in [0.2, 0.25) is 0 Å². The number of hydrogen-bond acceptors (Lipinski definition) is 1. The first kappa shape index (κ1) is 15.4. The monoisotopic (exact) mass is 302 g/mol. The number of benzene rings is 3. The van der Waals surface area contributed by atoms with Gasteiger partial charge in [-0.15, -0.1) is 0 Å². The van der Waals surface area contributed by atoms with E-state index in [1.54, 1.807) is 7.11 Å². The van der Waals surface area contributed by atoms with Gasteiger partial charge in [0.2, 0.25) is 0 Å². The fraction of sp³-hybridized carbons (Fsp3) is 0.182. The summed E-state index contributed by atoms with van der Waals surface area (Å²) in [6.45, 7) is 0. The molecule has 23 heavy (non-hydrogen) atoms. The van der Waals surface area contributed by atoms with Gasteiger partial charge in [-0.3, -0.25) is 0 Å². The number of methoxy groups -OCH3 is 1. The highest BCUT2D eigenvalue weighted by molar-refractivity contribution is 5.36. The van der Waals surface area contributed by atoms with Crippen molar-refractivity contribution >= 4 is 0 Å². The molecule has 0 bridgehead atoms. The summed E-state index contributed by atoms with van der Waals surface area (Å²) >= 11 is 0. The van der Waals surface area contributed by atoms with Crippen molar-refractivity contribution in [2.75, 3.05) is 7.11 Å². The SMILES string of the molecule is COc1ccccc1C[C@@H](Cc1ccccc1)c1ccccc1. The molecule has 0 fully saturated rings. The third kappa shape index (κ3) is 4.01. The zero-order valence-electron chi connectivity index (χ0n) is 13.5. The van der Waals surface area contributed by atoms with Crippen molar-refractivity contribution in [2.45, 2.75) is 18.8 Å². The minimum atomic E-state index is 0.440. The van der Waals surface area contributed by atoms with Gasteiger partial charge in [0.25, 0.3) is 0 Å². The van der Waals surface area contributed by atoms with Crippen molar-refractivity contribution in [3.63, 3.8) is 0 Å². The molecule has 116 valence electrons. The van der Waals surface area contributed by atoms with E-state index in [2.05, 4.69) is 72.8 Å². The van der Waals surface area contributed by atoms with E-state index >= 15 is 0 Å². The van der Waals surface area contributed by atoms with Crippen LogP contribution >= 0.6 is 0 Å². The molecule has 0 spiro atoms. The van der Waals surface area contributed by atoms with Crippen LogP contribution in [0.5, 0.6) is 5.75 Å². The van der Waals surface area contributed by atoms with Gasteiger partial charge >= 0.3 is 0 Å². The van der Waals surface area contributed by atoms with Gasteiger partial charge in [-0.2, -0.15) is 0 Å². The molecule has 3 aromatic rings. The van der Waals surface area contributed by atoms with E-state index in [0.717, 1.165) is 18.6 Å². The molecule has 0 saturated carbocycles. The van der Waals surface area contributed by atoms with Crippen molar-refractivity contribution < 1.29 is 4.74 Å². The molecule has 0 N–H and O–H groups in total. The Morgan fingerprint density at radius 2 is 1.30 bits per heavy atom. The molecule has 0 aliphatic heterocycles. The molecule has 0 radical (unpaired) electrons. The summed E-state index contributed by atoms with van der Waals surface area (Å²) in [6.07, 6.45) is 2.01. The van der Waals surface area contributed by atoms with E-state index in [4.69, 9.17) is 4.74 Å². The third-order valence-corrected chi connectivity index (χ3v) is 4.25. The molecule has 3 aromatic carbocycles. The Balaban J connectivity index is 1.89. The van der Waals surface area contributed by atoms with E-state index in [0.29, 0.717) is 5.92 Å². The van der Waals surface area contributed by atoms with Crippen molar-refractivity contribution in [3.05, 3.63) is 102 Å². The molecule has 0 heterocycles. The van der Waals surface area contributed by atoms with Gasteiger partial charge in [0, 0.05) is 0 Å². The Labute approximate surface area is 138 Å². The van der Waals surface area contributed by atoms with Gasteiger partial charge in [0.15, 0.2) is 0 Å². The maximum Gasteiger partial charge on any atom is 0.122 e. The van der Waals surface area contributed by atoms with Gasteiger partial charge in [0.1, 0.15) is 5.75 Å². The first-order valence-electron chi connectivity index (χ1n) is 8.07. The van der Waals surface area contributed by atoms with Gasteiger partial charge in [0.05, 0.1) is 7.11 Å². The van der Waals surface area contributed by atoms with E-state index in [-0.39, 0.29) is 0 Å². The molecular weight excluding hydrogens is 280 g/mol. The molecule has 0 aliphatic rings. The highest BCUT2D eigenvalue weighted by atomic mass is 16.5. The van der Waals surface area contributed by atoms with Crippen LogP contribution in [0.25, 0.3) is 0 Å². The number of para-hydroxylation sites is 1. The zero-order chi connectivity index (χ0) is 15.9. The van der Waals surface area contributed by atoms with Crippen molar-refractivity contribution in [3.8, 4) is 5.75 Å². The van der Waals surface area contributed by atoms with Gasteiger partial charge < -0.3 is 4.74 Å². The lowest BCUT2D eigenvalue weighted by atomic mass is 9.86. The molecule has 1 atom stereocenters. The Hall–Kier alpha value is -2.54. The van der Waals surface area contributed by atoms with E-state index in [1.165, 1.54) is 16.7 Å². The lowest BCUT2D eigenvalue weighted by Gasteiger charge is -2.19. The maximum atomic E-state index is 5.53. The lowest BCUT2D eigenvalue weighted by Crippen LogP contribution is -2.08. The molecule has 1 nitrogen and oxygen atoms in total. The summed E-state index contributed by atoms with van der Waals surface area (Å²) in [5, 5.41) is 0. The van der Waals surface area contributed by atoms with Crippen LogP contribution in [0.3, 0.4) is 0 Å². The smallest absolute Gasteiger partial charge is 0.122 e. The van der Waals surface area contributed by atoms with Crippen LogP contribution in [0.1, 0.15) is 22.6 Å². The molecule has 0 unspecified atom stereocenters. The third-order valence-electron chi connectivity index (χ3n) is 4.25. The minimum absolute atomic E-state index is 0.440. The lowest BCUT2D eigenvalue weighted by molar-refractivity contribution is 0.408. The first-order valence-corrected chi connectivity index (χ1v) is 8.07. The first-order chi connectivity index (χ1) is 11.4. The summed E-state index contributed by atoms with van der Waals surface area (Å²) in [5.74, 6) is 1.41. The zero-order valence-corrected chi connectivity index (χ0v) is 13.5. The van der Waals surface area contributed by atoms with Crippen molar-refractivity contribution in [1.82, 2.24) is 0 Å². The van der Waals surface area contributed by atoms with Crippen LogP contribution in [0, 0.1) is 0 Å². The molecule has 0 amide bonds. The van der Waals surface area contributed by atoms with Crippen LogP contribution in [-0.4, -0.2) is 7.11 Å². The van der Waals surface area contributed by atoms with E-state index < -0.39 is 0 Å². The number of rotatable bonds is 6. The minimum Gasteiger partial charge on any atom is -0.496 e. The Morgan fingerprint density at radius 1 is 0.696 bits per heavy atom. The van der Waals surface area contributed by atoms with Crippen LogP contribution in [0.15, 0.2) is 84.9 Å². The summed E-state index contributed by atoms with van der Waals surface area (Å²) in [6, 6.07) is 29.8. The predicted octanol–water partition coefficient (Wildman–Crippen LogP) is 5.26. The summed E-state index contributed by atoms with van der Waals surface area (Å²) in [7, 11) is 1.74. The number of ether oxygens (including phenoxy) is 1. The standard InChI is InChI=1S/C22H22O/c1-23-22-15-9-8-14-20(22)17-21(19-12-6-3-7-13-19)16-18-10-4-2-5-11-18/h2-15,21H,16-17H2,1H3/t21-/m1/s1. The molecule has 0 saturated heterocycles. The highest BCUT2D eigenvalue weighted by Gasteiger charge is 2.15. The van der Waals surface area contributed by atoms with E-state index in [1.807, 2.05) is 12.1 Å². The quantitative estimate of drug-likeness (QED) is 0.603. The second kappa shape index (κ2) is 7.64. The van der Waals surface area contributed by atoms with Gasteiger partial charge in [-0.25, -0.2) is 0 Å². The Morgan fingerprint density at radius 3 is 2.00 bits per heavy atom. The molecular formula is C22H22O. The second-order valence-electron chi connectivity index (χ2n) is 5.81. The van der Waals surface area contributed by atoms with Crippen molar-refractivity contribution in [2.24, 2.45) is 0 Å². The average Bonchev–Trinajstić information content (AvgIpc) is 2.63. The maximum absolute atomic E-state index is 5.53. The predicted molar refractivity (Wildman–Crippen MR) is 96.0 cm³/mol. The van der Waals surface area contributed by atoms with Crippen LogP contribution in [0.4, 0.5) is 0 Å². The fourth-order valence-corrected chi connectivity index (χ4v) is 3.07. The summed E-state index contributed by atoms with van der Waals surface area (Å²) in [4.78, 5) is 0. The highest BCUT2D eigenvalue weighted by Crippen LogP contribution is 2.29. The molecule has 1 heteroatoms. The van der Waals surface area contributed by atoms with Crippen LogP contribution in [-0.2, 0) is 12.8 Å². The van der Waals surface area contributed by atoms with Gasteiger partial charge in [-0.1, -0.05) is 78.9 Å². The summed E-state index contributed by atoms with van der Waals surface area (Å²) < 4.78 is 5.53. The number of hydrogen-bond donors (Lipinski definition) is 0. The fourth-order valence-electron chi connectivity index (χ4n) is 3.07. The normalized spacial score (nSPS) is 11.9. The summed E-state index contributed by atoms with van der Waals surface area (Å²) in [5.41, 5.74) is 4.01. The van der Waals surface area contributed by atoms with Crippen molar-refractivity contribution in [1.29, 1.82) is 0 Å².